The molecule has 0 spiro atoms. The Morgan fingerprint density at radius 2 is 1.20 bits per heavy atom. The van der Waals surface area contributed by atoms with Crippen molar-refractivity contribution in [2.45, 2.75) is 11.8 Å². The summed E-state index contributed by atoms with van der Waals surface area (Å²) in [5.41, 5.74) is 10.0. The van der Waals surface area contributed by atoms with Gasteiger partial charge in [0.15, 0.2) is 0 Å². The summed E-state index contributed by atoms with van der Waals surface area (Å²) in [7, 11) is 4.17. The molecule has 0 N–H and O–H groups in total. The van der Waals surface area contributed by atoms with Crippen LogP contribution < -0.4 is 4.90 Å². The van der Waals surface area contributed by atoms with Gasteiger partial charge in [0.2, 0.25) is 0 Å². The van der Waals surface area contributed by atoms with E-state index < -0.39 is 0 Å². The smallest absolute Gasteiger partial charge is 0.0995 e. The molecule has 25 heavy (non-hydrogen) atoms. The molecular weight excluding hydrogens is 304 g/mol. The zero-order chi connectivity index (χ0) is 17.1. The van der Waals surface area contributed by atoms with E-state index in [9.17, 15) is 5.26 Å². The fourth-order valence-corrected chi connectivity index (χ4v) is 4.76. The first-order valence-electron chi connectivity index (χ1n) is 8.64. The van der Waals surface area contributed by atoms with Crippen LogP contribution in [-0.4, -0.2) is 14.1 Å². The molecule has 0 aliphatic heterocycles. The average Bonchev–Trinajstić information content (AvgIpc) is 2.66. The van der Waals surface area contributed by atoms with E-state index in [1.807, 2.05) is 6.07 Å². The predicted octanol–water partition coefficient (Wildman–Crippen LogP) is 4.61. The van der Waals surface area contributed by atoms with Gasteiger partial charge in [-0.05, 0) is 45.5 Å². The van der Waals surface area contributed by atoms with E-state index in [-0.39, 0.29) is 11.8 Å². The van der Waals surface area contributed by atoms with Gasteiger partial charge in [0.25, 0.3) is 0 Å². The van der Waals surface area contributed by atoms with Crippen molar-refractivity contribution >= 4 is 5.69 Å². The average molecular weight is 322 g/mol. The molecule has 6 rings (SSSR count). The number of hydrogen-bond donors (Lipinski definition) is 0. The van der Waals surface area contributed by atoms with E-state index >= 15 is 0 Å². The highest BCUT2D eigenvalue weighted by Gasteiger charge is 2.43. The zero-order valence-electron chi connectivity index (χ0n) is 14.3. The third-order valence-electron chi connectivity index (χ3n) is 5.68. The molecule has 3 aliphatic rings. The van der Waals surface area contributed by atoms with Gasteiger partial charge >= 0.3 is 0 Å². The minimum absolute atomic E-state index is 0.155. The lowest BCUT2D eigenvalue weighted by Crippen LogP contribution is -2.30. The van der Waals surface area contributed by atoms with E-state index in [0.29, 0.717) is 0 Å². The lowest BCUT2D eigenvalue weighted by Gasteiger charge is -2.44. The van der Waals surface area contributed by atoms with Crippen molar-refractivity contribution in [3.05, 3.63) is 99.6 Å². The van der Waals surface area contributed by atoms with Gasteiger partial charge in [-0.1, -0.05) is 48.5 Å². The van der Waals surface area contributed by atoms with Crippen LogP contribution in [0.2, 0.25) is 0 Å². The minimum atomic E-state index is 0.155. The summed E-state index contributed by atoms with van der Waals surface area (Å²) in [5, 5.41) is 9.78. The molecule has 0 amide bonds. The molecule has 2 bridgehead atoms. The molecule has 0 fully saturated rings. The van der Waals surface area contributed by atoms with Crippen LogP contribution >= 0.6 is 0 Å². The van der Waals surface area contributed by atoms with Gasteiger partial charge < -0.3 is 4.90 Å². The van der Waals surface area contributed by atoms with Crippen LogP contribution in [0.4, 0.5) is 5.69 Å². The van der Waals surface area contributed by atoms with Gasteiger partial charge in [-0.15, -0.1) is 0 Å². The van der Waals surface area contributed by atoms with Crippen molar-refractivity contribution in [3.63, 3.8) is 0 Å². The van der Waals surface area contributed by atoms with Crippen LogP contribution in [0.15, 0.2) is 60.7 Å². The Labute approximate surface area is 148 Å². The Bertz CT molecular complexity index is 1010. The molecule has 3 aliphatic carbocycles. The van der Waals surface area contributed by atoms with E-state index in [2.05, 4.69) is 79.7 Å². The highest BCUT2D eigenvalue weighted by atomic mass is 15.1. The van der Waals surface area contributed by atoms with Crippen molar-refractivity contribution in [2.75, 3.05) is 19.0 Å². The molecule has 0 saturated carbocycles. The molecule has 2 heteroatoms. The Kier molecular flexibility index (Phi) is 2.85. The molecular formula is C23H18N2. The Hall–Kier alpha value is -3.05. The number of hydrogen-bond acceptors (Lipinski definition) is 2. The summed E-state index contributed by atoms with van der Waals surface area (Å²) in [6, 6.07) is 24.0. The number of benzene rings is 3. The normalized spacial score (nSPS) is 18.8. The van der Waals surface area contributed by atoms with Crippen LogP contribution in [0.5, 0.6) is 0 Å². The second kappa shape index (κ2) is 4.97. The second-order valence-electron chi connectivity index (χ2n) is 7.09. The van der Waals surface area contributed by atoms with Crippen LogP contribution in [-0.2, 0) is 0 Å². The number of rotatable bonds is 1. The maximum atomic E-state index is 9.78. The Morgan fingerprint density at radius 3 is 1.64 bits per heavy atom. The van der Waals surface area contributed by atoms with Crippen molar-refractivity contribution in [2.24, 2.45) is 0 Å². The highest BCUT2D eigenvalue weighted by molar-refractivity contribution is 5.76. The summed E-state index contributed by atoms with van der Waals surface area (Å²) in [4.78, 5) is 2.17. The molecule has 0 radical (unpaired) electrons. The van der Waals surface area contributed by atoms with E-state index in [0.717, 1.165) is 5.56 Å². The third kappa shape index (κ3) is 1.73. The summed E-state index contributed by atoms with van der Waals surface area (Å²) in [5.74, 6) is 0.361. The summed E-state index contributed by atoms with van der Waals surface area (Å²) in [6.07, 6.45) is 0. The van der Waals surface area contributed by atoms with Gasteiger partial charge in [-0.3, -0.25) is 0 Å². The topological polar surface area (TPSA) is 27.0 Å². The molecule has 2 nitrogen and oxygen atoms in total. The van der Waals surface area contributed by atoms with E-state index in [1.165, 1.54) is 39.1 Å². The van der Waals surface area contributed by atoms with E-state index in [4.69, 9.17) is 0 Å². The van der Waals surface area contributed by atoms with Crippen LogP contribution in [0.1, 0.15) is 50.8 Å². The first kappa shape index (κ1) is 14.3. The SMILES string of the molecule is CN(C)c1ccc(C#N)c2c1C1c3ccccc3C2c2ccccc21. The summed E-state index contributed by atoms with van der Waals surface area (Å²) >= 11 is 0. The highest BCUT2D eigenvalue weighted by Crippen LogP contribution is 2.58. The molecule has 3 aromatic carbocycles. The van der Waals surface area contributed by atoms with Crippen LogP contribution in [0.25, 0.3) is 0 Å². The van der Waals surface area contributed by atoms with Gasteiger partial charge in [0.05, 0.1) is 11.6 Å². The Balaban J connectivity index is 1.95. The van der Waals surface area contributed by atoms with Crippen molar-refractivity contribution < 1.29 is 0 Å². The Morgan fingerprint density at radius 1 is 0.720 bits per heavy atom. The van der Waals surface area contributed by atoms with Crippen molar-refractivity contribution in [1.29, 1.82) is 5.26 Å². The van der Waals surface area contributed by atoms with Gasteiger partial charge in [-0.2, -0.15) is 5.26 Å². The largest absolute Gasteiger partial charge is 0.377 e. The fraction of sp³-hybridized carbons (Fsp3) is 0.174. The quantitative estimate of drug-likeness (QED) is 0.450. The van der Waals surface area contributed by atoms with E-state index in [1.54, 1.807) is 0 Å². The molecule has 0 heterocycles. The molecule has 0 unspecified atom stereocenters. The minimum Gasteiger partial charge on any atom is -0.377 e. The van der Waals surface area contributed by atoms with Crippen LogP contribution in [0.3, 0.4) is 0 Å². The van der Waals surface area contributed by atoms with Gasteiger partial charge in [0.1, 0.15) is 0 Å². The second-order valence-corrected chi connectivity index (χ2v) is 7.09. The number of nitrogens with zero attached hydrogens (tertiary/aromatic N) is 2. The number of nitriles is 1. The van der Waals surface area contributed by atoms with Gasteiger partial charge in [-0.25, -0.2) is 0 Å². The maximum Gasteiger partial charge on any atom is 0.0995 e. The predicted molar refractivity (Wildman–Crippen MR) is 100 cm³/mol. The maximum absolute atomic E-state index is 9.78. The molecule has 0 atom stereocenters. The third-order valence-corrected chi connectivity index (χ3v) is 5.68. The molecule has 0 saturated heterocycles. The first-order chi connectivity index (χ1) is 12.2. The van der Waals surface area contributed by atoms with Crippen molar-refractivity contribution in [3.8, 4) is 6.07 Å². The summed E-state index contributed by atoms with van der Waals surface area (Å²) < 4.78 is 0. The summed E-state index contributed by atoms with van der Waals surface area (Å²) in [6.45, 7) is 0. The number of anilines is 1. The van der Waals surface area contributed by atoms with Crippen molar-refractivity contribution in [1.82, 2.24) is 0 Å². The molecule has 3 aromatic rings. The monoisotopic (exact) mass is 322 g/mol. The lowest BCUT2D eigenvalue weighted by molar-refractivity contribution is 0.749. The fourth-order valence-electron chi connectivity index (χ4n) is 4.76. The van der Waals surface area contributed by atoms with Crippen LogP contribution in [0, 0.1) is 11.3 Å². The standard InChI is InChI=1S/C23H18N2/c1-25(2)19-12-11-14(13-24)20-21-15-7-3-5-9-17(15)22(23(19)20)18-10-6-4-8-16(18)21/h3-12,21-22H,1-2H3. The zero-order valence-corrected chi connectivity index (χ0v) is 14.3. The molecule has 120 valence electrons. The van der Waals surface area contributed by atoms with Gasteiger partial charge in [0, 0.05) is 31.6 Å². The lowest BCUT2D eigenvalue weighted by atomic mass is 9.60. The molecule has 0 aromatic heterocycles. The first-order valence-corrected chi connectivity index (χ1v) is 8.64.